The van der Waals surface area contributed by atoms with Crippen molar-refractivity contribution in [2.75, 3.05) is 0 Å². The smallest absolute Gasteiger partial charge is 0.280 e. The lowest BCUT2D eigenvalue weighted by Crippen LogP contribution is -2.40. The number of carbonyl (C=O) groups excluding carboxylic acids is 2. The first-order valence-corrected chi connectivity index (χ1v) is 11.3. The van der Waals surface area contributed by atoms with Gasteiger partial charge in [0, 0.05) is 23.6 Å². The molecule has 2 aromatic carbocycles. The van der Waals surface area contributed by atoms with E-state index < -0.39 is 11.7 Å². The van der Waals surface area contributed by atoms with Crippen LogP contribution in [-0.2, 0) is 11.4 Å². The van der Waals surface area contributed by atoms with Crippen LogP contribution in [0.3, 0.4) is 0 Å². The Labute approximate surface area is 191 Å². The Morgan fingerprint density at radius 2 is 1.85 bits per heavy atom. The fourth-order valence-electron chi connectivity index (χ4n) is 4.33. The quantitative estimate of drug-likeness (QED) is 0.552. The number of halogens is 1. The van der Waals surface area contributed by atoms with Crippen molar-refractivity contribution in [3.05, 3.63) is 65.0 Å². The highest BCUT2D eigenvalue weighted by Gasteiger charge is 2.26. The third-order valence-corrected chi connectivity index (χ3v) is 6.21. The fraction of sp³-hybridized carbons (Fsp3) is 0.400. The number of benzene rings is 2. The van der Waals surface area contributed by atoms with Crippen LogP contribution in [-0.4, -0.2) is 32.5 Å². The monoisotopic (exact) mass is 452 g/mol. The molecule has 1 aliphatic rings. The molecule has 2 amide bonds. The predicted molar refractivity (Wildman–Crippen MR) is 123 cm³/mol. The Hall–Kier alpha value is -3.26. The number of aromatic amines is 1. The van der Waals surface area contributed by atoms with Crippen molar-refractivity contribution in [2.24, 2.45) is 10.9 Å². The van der Waals surface area contributed by atoms with E-state index in [1.54, 1.807) is 0 Å². The average molecular weight is 453 g/mol. The molecule has 1 aromatic heterocycles. The first kappa shape index (κ1) is 22.9. The lowest BCUT2D eigenvalue weighted by Gasteiger charge is -2.30. The minimum Gasteiger partial charge on any atom is -0.392 e. The molecule has 3 aromatic rings. The van der Waals surface area contributed by atoms with E-state index in [2.05, 4.69) is 15.3 Å². The predicted octanol–water partition coefficient (Wildman–Crippen LogP) is 3.60. The molecule has 4 rings (SSSR count). The van der Waals surface area contributed by atoms with E-state index in [0.29, 0.717) is 11.2 Å². The van der Waals surface area contributed by atoms with Gasteiger partial charge in [-0.15, -0.1) is 0 Å². The number of fused-ring (bicyclic) bond motifs is 1. The maximum Gasteiger partial charge on any atom is 0.280 e. The number of nitrogens with zero attached hydrogens (tertiary/aromatic N) is 2. The summed E-state index contributed by atoms with van der Waals surface area (Å²) >= 11 is 0. The summed E-state index contributed by atoms with van der Waals surface area (Å²) in [6.07, 6.45) is 3.29. The summed E-state index contributed by atoms with van der Waals surface area (Å²) in [7, 11) is 0. The zero-order valence-electron chi connectivity index (χ0n) is 18.8. The van der Waals surface area contributed by atoms with E-state index in [0.717, 1.165) is 42.3 Å². The number of H-pyrrole nitrogens is 1. The molecule has 1 fully saturated rings. The summed E-state index contributed by atoms with van der Waals surface area (Å²) in [5.74, 6) is -0.863. The number of hydrogen-bond donors (Lipinski definition) is 3. The summed E-state index contributed by atoms with van der Waals surface area (Å²) in [4.78, 5) is 32.4. The van der Waals surface area contributed by atoms with Gasteiger partial charge in [-0.05, 0) is 67.6 Å². The first-order chi connectivity index (χ1) is 15.9. The van der Waals surface area contributed by atoms with Gasteiger partial charge in [0.05, 0.1) is 17.6 Å². The zero-order valence-corrected chi connectivity index (χ0v) is 18.8. The van der Waals surface area contributed by atoms with Gasteiger partial charge in [0.2, 0.25) is 11.5 Å². The normalized spacial score (nSPS) is 19.2. The SMILES string of the molecule is CC(C)C(=O)N[C@H]1CC[C@@H](n2/c(=N/C(=O)c3ccc(F)cc3)[nH]c3ccc(CO)cc32)CC1. The summed E-state index contributed by atoms with van der Waals surface area (Å²) < 4.78 is 15.3. The molecular formula is C25H29FN4O3. The average Bonchev–Trinajstić information content (AvgIpc) is 3.16. The number of nitrogens with one attached hydrogen (secondary N) is 2. The number of hydrogen-bond acceptors (Lipinski definition) is 3. The molecule has 3 N–H and O–H groups in total. The minimum atomic E-state index is -0.462. The maximum absolute atomic E-state index is 13.3. The molecule has 7 nitrogen and oxygen atoms in total. The third kappa shape index (κ3) is 5.06. The Morgan fingerprint density at radius 1 is 1.15 bits per heavy atom. The lowest BCUT2D eigenvalue weighted by molar-refractivity contribution is -0.125. The number of aliphatic hydroxyl groups is 1. The molecule has 0 spiro atoms. The highest BCUT2D eigenvalue weighted by Crippen LogP contribution is 2.30. The maximum atomic E-state index is 13.3. The molecule has 0 bridgehead atoms. The van der Waals surface area contributed by atoms with Gasteiger partial charge in [-0.25, -0.2) is 4.39 Å². The van der Waals surface area contributed by atoms with Crippen molar-refractivity contribution in [1.82, 2.24) is 14.9 Å². The Kier molecular flexibility index (Phi) is 6.74. The van der Waals surface area contributed by atoms with E-state index in [1.807, 2.05) is 36.6 Å². The number of aromatic nitrogens is 2. The molecule has 0 radical (unpaired) electrons. The molecule has 0 aliphatic heterocycles. The van der Waals surface area contributed by atoms with Crippen LogP contribution < -0.4 is 10.9 Å². The highest BCUT2D eigenvalue weighted by molar-refractivity contribution is 5.94. The van der Waals surface area contributed by atoms with Gasteiger partial charge >= 0.3 is 0 Å². The van der Waals surface area contributed by atoms with Crippen molar-refractivity contribution in [1.29, 1.82) is 0 Å². The highest BCUT2D eigenvalue weighted by atomic mass is 19.1. The molecule has 174 valence electrons. The molecule has 1 aliphatic carbocycles. The van der Waals surface area contributed by atoms with E-state index in [4.69, 9.17) is 0 Å². The summed E-state index contributed by atoms with van der Waals surface area (Å²) in [5.41, 5.74) is 3.17. The van der Waals surface area contributed by atoms with Crippen molar-refractivity contribution in [2.45, 2.75) is 58.2 Å². The van der Waals surface area contributed by atoms with Gasteiger partial charge in [-0.3, -0.25) is 9.59 Å². The van der Waals surface area contributed by atoms with Crippen LogP contribution in [0, 0.1) is 11.7 Å². The summed E-state index contributed by atoms with van der Waals surface area (Å²) in [6, 6.07) is 11.1. The van der Waals surface area contributed by atoms with Gasteiger partial charge in [-0.2, -0.15) is 4.99 Å². The Bertz CT molecular complexity index is 1220. The fourth-order valence-corrected chi connectivity index (χ4v) is 4.33. The molecule has 0 atom stereocenters. The molecule has 0 saturated heterocycles. The van der Waals surface area contributed by atoms with Crippen LogP contribution in [0.25, 0.3) is 11.0 Å². The second-order valence-corrected chi connectivity index (χ2v) is 8.92. The van der Waals surface area contributed by atoms with Crippen LogP contribution in [0.4, 0.5) is 4.39 Å². The number of aliphatic hydroxyl groups excluding tert-OH is 1. The lowest BCUT2D eigenvalue weighted by atomic mass is 9.90. The molecule has 1 saturated carbocycles. The number of rotatable bonds is 5. The van der Waals surface area contributed by atoms with Gasteiger partial charge in [0.25, 0.3) is 5.91 Å². The zero-order chi connectivity index (χ0) is 23.5. The topological polar surface area (TPSA) is 99.5 Å². The van der Waals surface area contributed by atoms with Crippen molar-refractivity contribution < 1.29 is 19.1 Å². The molecule has 0 unspecified atom stereocenters. The summed E-state index contributed by atoms with van der Waals surface area (Å²) in [5, 5.41) is 12.7. The number of carbonyl (C=O) groups is 2. The Morgan fingerprint density at radius 3 is 2.48 bits per heavy atom. The van der Waals surface area contributed by atoms with Gasteiger partial charge in [0.15, 0.2) is 0 Å². The Balaban J connectivity index is 1.68. The van der Waals surface area contributed by atoms with E-state index in [9.17, 15) is 19.1 Å². The number of amides is 2. The molecular weight excluding hydrogens is 423 g/mol. The van der Waals surface area contributed by atoms with Crippen LogP contribution in [0.1, 0.15) is 61.5 Å². The first-order valence-electron chi connectivity index (χ1n) is 11.3. The van der Waals surface area contributed by atoms with E-state index in [1.165, 1.54) is 24.3 Å². The van der Waals surface area contributed by atoms with Crippen LogP contribution in [0.15, 0.2) is 47.5 Å². The van der Waals surface area contributed by atoms with Crippen LogP contribution in [0.2, 0.25) is 0 Å². The standard InChI is InChI=1S/C25H29FN4O3/c1-15(2)23(32)27-19-8-10-20(11-9-19)30-22-13-16(14-31)3-12-21(22)28-25(30)29-24(33)17-4-6-18(26)7-5-17/h3-7,12-13,15,19-20,31H,8-11,14H2,1-2H3,(H,27,32)(H,28,29,33)/t19-,20+. The van der Waals surface area contributed by atoms with Crippen molar-refractivity contribution >= 4 is 22.8 Å². The molecule has 33 heavy (non-hydrogen) atoms. The van der Waals surface area contributed by atoms with Gasteiger partial charge in [-0.1, -0.05) is 19.9 Å². The molecule has 8 heteroatoms. The van der Waals surface area contributed by atoms with E-state index in [-0.39, 0.29) is 30.5 Å². The summed E-state index contributed by atoms with van der Waals surface area (Å²) in [6.45, 7) is 3.68. The van der Waals surface area contributed by atoms with Crippen molar-refractivity contribution in [3.63, 3.8) is 0 Å². The van der Waals surface area contributed by atoms with Crippen LogP contribution in [0.5, 0.6) is 0 Å². The second kappa shape index (κ2) is 9.70. The van der Waals surface area contributed by atoms with Crippen molar-refractivity contribution in [3.8, 4) is 0 Å². The van der Waals surface area contributed by atoms with Crippen LogP contribution >= 0.6 is 0 Å². The number of imidazole rings is 1. The van der Waals surface area contributed by atoms with Gasteiger partial charge in [0.1, 0.15) is 5.82 Å². The van der Waals surface area contributed by atoms with E-state index >= 15 is 0 Å². The third-order valence-electron chi connectivity index (χ3n) is 6.21. The largest absolute Gasteiger partial charge is 0.392 e. The minimum absolute atomic E-state index is 0.0505. The van der Waals surface area contributed by atoms with Gasteiger partial charge < -0.3 is 20.0 Å². The molecule has 1 heterocycles. The second-order valence-electron chi connectivity index (χ2n) is 8.92.